The fraction of sp³-hybridized carbons (Fsp3) is 0.562. The third-order valence-electron chi connectivity index (χ3n) is 4.40. The van der Waals surface area contributed by atoms with Crippen molar-refractivity contribution in [3.63, 3.8) is 0 Å². The minimum Gasteiger partial charge on any atom is -0.349 e. The van der Waals surface area contributed by atoms with Gasteiger partial charge in [0.05, 0.1) is 16.2 Å². The molecule has 1 amide bonds. The molecule has 0 radical (unpaired) electrons. The summed E-state index contributed by atoms with van der Waals surface area (Å²) < 4.78 is 37.5. The maximum atomic E-state index is 12.9. The Morgan fingerprint density at radius 3 is 2.43 bits per heavy atom. The maximum Gasteiger partial charge on any atom is 0.224 e. The van der Waals surface area contributed by atoms with Gasteiger partial charge in [0, 0.05) is 12.5 Å². The lowest BCUT2D eigenvalue weighted by Crippen LogP contribution is -2.55. The van der Waals surface area contributed by atoms with Gasteiger partial charge in [-0.2, -0.15) is 0 Å². The predicted molar refractivity (Wildman–Crippen MR) is 85.9 cm³/mol. The molecule has 5 nitrogen and oxygen atoms in total. The third kappa shape index (κ3) is 4.29. The molecule has 1 aliphatic carbocycles. The van der Waals surface area contributed by atoms with Crippen molar-refractivity contribution in [2.45, 2.75) is 37.1 Å². The lowest BCUT2D eigenvalue weighted by molar-refractivity contribution is -0.125. The number of halogens is 1. The molecule has 0 saturated heterocycles. The number of rotatable bonds is 7. The van der Waals surface area contributed by atoms with Crippen LogP contribution in [-0.2, 0) is 14.6 Å². The number of carbonyl (C=O) groups excluding carboxylic acids is 1. The number of nitrogens with two attached hydrogens (primary N) is 1. The van der Waals surface area contributed by atoms with Gasteiger partial charge < -0.3 is 11.1 Å². The van der Waals surface area contributed by atoms with Gasteiger partial charge in [0.2, 0.25) is 5.91 Å². The minimum absolute atomic E-state index is 0.0160. The number of carbonyl (C=O) groups is 1. The Balaban J connectivity index is 2.03. The number of benzene rings is 1. The normalized spacial score (nSPS) is 19.0. The summed E-state index contributed by atoms with van der Waals surface area (Å²) in [4.78, 5) is 12.3. The van der Waals surface area contributed by atoms with Gasteiger partial charge in [0.1, 0.15) is 5.82 Å². The molecule has 2 atom stereocenters. The van der Waals surface area contributed by atoms with Crippen LogP contribution < -0.4 is 11.1 Å². The highest BCUT2D eigenvalue weighted by Gasteiger charge is 2.42. The second-order valence-corrected chi connectivity index (χ2v) is 8.56. The Morgan fingerprint density at radius 2 is 1.96 bits per heavy atom. The molecule has 7 heteroatoms. The van der Waals surface area contributed by atoms with Crippen LogP contribution in [0.5, 0.6) is 0 Å². The van der Waals surface area contributed by atoms with Crippen molar-refractivity contribution in [3.8, 4) is 0 Å². The minimum atomic E-state index is -3.65. The Hall–Kier alpha value is -1.47. The number of nitrogens with one attached hydrogen (secondary N) is 1. The molecule has 1 saturated carbocycles. The number of sulfone groups is 1. The van der Waals surface area contributed by atoms with Gasteiger partial charge in [-0.05, 0) is 49.9 Å². The second-order valence-electron chi connectivity index (χ2n) is 6.52. The molecule has 3 N–H and O–H groups in total. The average Bonchev–Trinajstić information content (AvgIpc) is 3.32. The number of amides is 1. The van der Waals surface area contributed by atoms with E-state index in [1.54, 1.807) is 6.92 Å². The van der Waals surface area contributed by atoms with Crippen molar-refractivity contribution in [2.24, 2.45) is 17.6 Å². The van der Waals surface area contributed by atoms with Gasteiger partial charge in [-0.15, -0.1) is 0 Å². The van der Waals surface area contributed by atoms with Crippen LogP contribution in [0.4, 0.5) is 4.39 Å². The standard InChI is InChI=1S/C16H23FN2O3S/c1-11(15(20)19-16(2,10-18)12-3-4-12)9-23(21,22)14-7-5-13(17)6-8-14/h5-8,11-12H,3-4,9-10,18H2,1-2H3,(H,19,20). The van der Waals surface area contributed by atoms with E-state index in [1.807, 2.05) is 6.92 Å². The van der Waals surface area contributed by atoms with Crippen LogP contribution >= 0.6 is 0 Å². The van der Waals surface area contributed by atoms with E-state index < -0.39 is 27.1 Å². The first kappa shape index (κ1) is 17.9. The summed E-state index contributed by atoms with van der Waals surface area (Å²) in [6.45, 7) is 3.78. The first-order valence-electron chi connectivity index (χ1n) is 7.68. The molecule has 0 heterocycles. The Morgan fingerprint density at radius 1 is 1.39 bits per heavy atom. The molecule has 0 aliphatic heterocycles. The summed E-state index contributed by atoms with van der Waals surface area (Å²) in [5, 5.41) is 2.90. The molecule has 1 aromatic rings. The van der Waals surface area contributed by atoms with E-state index >= 15 is 0 Å². The van der Waals surface area contributed by atoms with Gasteiger partial charge in [-0.1, -0.05) is 6.92 Å². The molecule has 2 rings (SSSR count). The lowest BCUT2D eigenvalue weighted by Gasteiger charge is -2.30. The van der Waals surface area contributed by atoms with Crippen LogP contribution in [0.3, 0.4) is 0 Å². The van der Waals surface area contributed by atoms with Gasteiger partial charge in [-0.3, -0.25) is 4.79 Å². The summed E-state index contributed by atoms with van der Waals surface area (Å²) >= 11 is 0. The lowest BCUT2D eigenvalue weighted by atomic mass is 9.95. The van der Waals surface area contributed by atoms with Crippen molar-refractivity contribution >= 4 is 15.7 Å². The predicted octanol–water partition coefficient (Wildman–Crippen LogP) is 1.48. The van der Waals surface area contributed by atoms with Gasteiger partial charge in [-0.25, -0.2) is 12.8 Å². The van der Waals surface area contributed by atoms with E-state index in [4.69, 9.17) is 5.73 Å². The summed E-state index contributed by atoms with van der Waals surface area (Å²) in [7, 11) is -3.65. The fourth-order valence-corrected chi connectivity index (χ4v) is 4.14. The monoisotopic (exact) mass is 342 g/mol. The quantitative estimate of drug-likeness (QED) is 0.735. The molecular formula is C16H23FN2O3S. The first-order chi connectivity index (χ1) is 10.7. The molecular weight excluding hydrogens is 319 g/mol. The van der Waals surface area contributed by atoms with Crippen LogP contribution in [-0.4, -0.2) is 32.2 Å². The Bertz CT molecular complexity index is 671. The zero-order valence-electron chi connectivity index (χ0n) is 13.4. The SMILES string of the molecule is CC(CS(=O)(=O)c1ccc(F)cc1)C(=O)NC(C)(CN)C1CC1. The Labute approximate surface area is 136 Å². The zero-order valence-corrected chi connectivity index (χ0v) is 14.2. The Kier molecular flexibility index (Phi) is 5.10. The van der Waals surface area contributed by atoms with Crippen molar-refractivity contribution in [3.05, 3.63) is 30.1 Å². The smallest absolute Gasteiger partial charge is 0.224 e. The molecule has 1 aliphatic rings. The molecule has 1 aromatic carbocycles. The van der Waals surface area contributed by atoms with E-state index in [1.165, 1.54) is 12.1 Å². The largest absolute Gasteiger partial charge is 0.349 e. The molecule has 2 unspecified atom stereocenters. The van der Waals surface area contributed by atoms with Crippen LogP contribution in [0.15, 0.2) is 29.2 Å². The summed E-state index contributed by atoms with van der Waals surface area (Å²) in [5.41, 5.74) is 5.28. The molecule has 23 heavy (non-hydrogen) atoms. The summed E-state index contributed by atoms with van der Waals surface area (Å²) in [5.74, 6) is -1.50. The number of hydrogen-bond donors (Lipinski definition) is 2. The maximum absolute atomic E-state index is 12.9. The van der Waals surface area contributed by atoms with E-state index in [9.17, 15) is 17.6 Å². The molecule has 0 aromatic heterocycles. The first-order valence-corrected chi connectivity index (χ1v) is 9.33. The van der Waals surface area contributed by atoms with E-state index in [2.05, 4.69) is 5.32 Å². The zero-order chi connectivity index (χ0) is 17.3. The van der Waals surface area contributed by atoms with Gasteiger partial charge >= 0.3 is 0 Å². The molecule has 0 bridgehead atoms. The van der Waals surface area contributed by atoms with Crippen LogP contribution in [0.25, 0.3) is 0 Å². The van der Waals surface area contributed by atoms with E-state index in [0.717, 1.165) is 25.0 Å². The van der Waals surface area contributed by atoms with Crippen molar-refractivity contribution in [1.29, 1.82) is 0 Å². The number of hydrogen-bond acceptors (Lipinski definition) is 4. The van der Waals surface area contributed by atoms with Crippen molar-refractivity contribution in [1.82, 2.24) is 5.32 Å². The second kappa shape index (κ2) is 6.57. The summed E-state index contributed by atoms with van der Waals surface area (Å²) in [6, 6.07) is 4.61. The fourth-order valence-electron chi connectivity index (χ4n) is 2.59. The van der Waals surface area contributed by atoms with Gasteiger partial charge in [0.25, 0.3) is 0 Å². The summed E-state index contributed by atoms with van der Waals surface area (Å²) in [6.07, 6.45) is 2.05. The van der Waals surface area contributed by atoms with Gasteiger partial charge in [0.15, 0.2) is 9.84 Å². The van der Waals surface area contributed by atoms with Crippen LogP contribution in [0.1, 0.15) is 26.7 Å². The van der Waals surface area contributed by atoms with E-state index in [-0.39, 0.29) is 16.6 Å². The van der Waals surface area contributed by atoms with Crippen molar-refractivity contribution < 1.29 is 17.6 Å². The highest BCUT2D eigenvalue weighted by atomic mass is 32.2. The van der Waals surface area contributed by atoms with E-state index in [0.29, 0.717) is 12.5 Å². The van der Waals surface area contributed by atoms with Crippen LogP contribution in [0, 0.1) is 17.7 Å². The average molecular weight is 342 g/mol. The third-order valence-corrected chi connectivity index (χ3v) is 6.33. The molecule has 1 fully saturated rings. The topological polar surface area (TPSA) is 89.3 Å². The van der Waals surface area contributed by atoms with Crippen LogP contribution in [0.2, 0.25) is 0 Å². The highest BCUT2D eigenvalue weighted by Crippen LogP contribution is 2.39. The van der Waals surface area contributed by atoms with Crippen molar-refractivity contribution in [2.75, 3.05) is 12.3 Å². The highest BCUT2D eigenvalue weighted by molar-refractivity contribution is 7.91. The molecule has 0 spiro atoms. The molecule has 128 valence electrons.